The van der Waals surface area contributed by atoms with E-state index in [9.17, 15) is 0 Å². The molecule has 0 radical (unpaired) electrons. The van der Waals surface area contributed by atoms with Gasteiger partial charge >= 0.3 is 0 Å². The zero-order valence-corrected chi connectivity index (χ0v) is 7.70. The summed E-state index contributed by atoms with van der Waals surface area (Å²) in [6.45, 7) is 9.25. The van der Waals surface area contributed by atoms with E-state index in [1.165, 1.54) is 0 Å². The molecule has 66 valence electrons. The lowest BCUT2D eigenvalue weighted by molar-refractivity contribution is 1.09. The summed E-state index contributed by atoms with van der Waals surface area (Å²) in [5.74, 6) is 0.681. The van der Waals surface area contributed by atoms with Crippen LogP contribution in [0.1, 0.15) is 11.4 Å². The van der Waals surface area contributed by atoms with Crippen molar-refractivity contribution in [2.75, 3.05) is 0 Å². The first kappa shape index (κ1) is 9.39. The summed E-state index contributed by atoms with van der Waals surface area (Å²) in [4.78, 5) is 8.34. The third-order valence-electron chi connectivity index (χ3n) is 1.56. The second kappa shape index (κ2) is 4.36. The van der Waals surface area contributed by atoms with Gasteiger partial charge in [0.1, 0.15) is 0 Å². The molecule has 0 amide bonds. The van der Waals surface area contributed by atoms with Gasteiger partial charge in [-0.05, 0) is 12.5 Å². The van der Waals surface area contributed by atoms with Crippen LogP contribution in [-0.2, 0) is 0 Å². The summed E-state index contributed by atoms with van der Waals surface area (Å²) < 4.78 is 0. The van der Waals surface area contributed by atoms with Crippen LogP contribution in [0.3, 0.4) is 0 Å². The Morgan fingerprint density at radius 1 is 1.31 bits per heavy atom. The normalized spacial score (nSPS) is 11.0. The minimum atomic E-state index is 0.681. The van der Waals surface area contributed by atoms with Crippen molar-refractivity contribution in [1.82, 2.24) is 9.97 Å². The van der Waals surface area contributed by atoms with Gasteiger partial charge in [-0.15, -0.1) is 0 Å². The fourth-order valence-corrected chi connectivity index (χ4v) is 0.902. The maximum absolute atomic E-state index is 4.17. The molecule has 1 aromatic rings. The molecule has 0 fully saturated rings. The maximum Gasteiger partial charge on any atom is 0.159 e. The van der Waals surface area contributed by atoms with Gasteiger partial charge in [-0.1, -0.05) is 31.4 Å². The number of hydrogen-bond acceptors (Lipinski definition) is 2. The molecule has 1 heterocycles. The third kappa shape index (κ3) is 2.37. The Hall–Kier alpha value is -1.70. The maximum atomic E-state index is 4.17. The van der Waals surface area contributed by atoms with Crippen molar-refractivity contribution in [1.29, 1.82) is 0 Å². The van der Waals surface area contributed by atoms with Gasteiger partial charge in [0, 0.05) is 18.0 Å². The van der Waals surface area contributed by atoms with Gasteiger partial charge in [0.15, 0.2) is 5.82 Å². The molecule has 0 N–H and O–H groups in total. The standard InChI is InChI=1S/C11H12N2/c1-4-6-10(5-2)11-12-7-9(3)8-13-11/h4-8H,1-2H2,3H3/b10-6+. The van der Waals surface area contributed by atoms with Gasteiger partial charge in [-0.3, -0.25) is 0 Å². The lowest BCUT2D eigenvalue weighted by Crippen LogP contribution is -1.91. The van der Waals surface area contributed by atoms with E-state index >= 15 is 0 Å². The number of hydrogen-bond donors (Lipinski definition) is 0. The first-order chi connectivity index (χ1) is 6.27. The van der Waals surface area contributed by atoms with Crippen LogP contribution >= 0.6 is 0 Å². The molecule has 13 heavy (non-hydrogen) atoms. The second-order valence-corrected chi connectivity index (χ2v) is 2.65. The van der Waals surface area contributed by atoms with Crippen LogP contribution in [0.4, 0.5) is 0 Å². The van der Waals surface area contributed by atoms with Crippen LogP contribution in [0.25, 0.3) is 5.57 Å². The van der Waals surface area contributed by atoms with Gasteiger partial charge in [-0.25, -0.2) is 9.97 Å². The Morgan fingerprint density at radius 2 is 1.92 bits per heavy atom. The lowest BCUT2D eigenvalue weighted by atomic mass is 10.2. The van der Waals surface area contributed by atoms with Crippen LogP contribution in [0.15, 0.2) is 43.8 Å². The largest absolute Gasteiger partial charge is 0.236 e. The van der Waals surface area contributed by atoms with Crippen molar-refractivity contribution >= 4 is 5.57 Å². The van der Waals surface area contributed by atoms with Crippen molar-refractivity contribution < 1.29 is 0 Å². The zero-order chi connectivity index (χ0) is 9.68. The van der Waals surface area contributed by atoms with Crippen molar-refractivity contribution in [3.8, 4) is 0 Å². The summed E-state index contributed by atoms with van der Waals surface area (Å²) in [6, 6.07) is 0. The van der Waals surface area contributed by atoms with Gasteiger partial charge < -0.3 is 0 Å². The van der Waals surface area contributed by atoms with Crippen molar-refractivity contribution in [3.63, 3.8) is 0 Å². The van der Waals surface area contributed by atoms with Gasteiger partial charge in [0.05, 0.1) is 0 Å². The molecular weight excluding hydrogens is 160 g/mol. The molecule has 0 aromatic carbocycles. The van der Waals surface area contributed by atoms with E-state index in [2.05, 4.69) is 23.1 Å². The Morgan fingerprint density at radius 3 is 2.38 bits per heavy atom. The molecule has 0 spiro atoms. The smallest absolute Gasteiger partial charge is 0.159 e. The molecule has 1 rings (SSSR count). The molecule has 0 saturated carbocycles. The van der Waals surface area contributed by atoms with Crippen LogP contribution < -0.4 is 0 Å². The Kier molecular flexibility index (Phi) is 3.15. The average Bonchev–Trinajstić information content (AvgIpc) is 2.16. The van der Waals surface area contributed by atoms with Crippen LogP contribution in [0.5, 0.6) is 0 Å². The van der Waals surface area contributed by atoms with Crippen LogP contribution in [0.2, 0.25) is 0 Å². The predicted octanol–water partition coefficient (Wildman–Crippen LogP) is 2.54. The summed E-state index contributed by atoms with van der Waals surface area (Å²) in [5, 5.41) is 0. The van der Waals surface area contributed by atoms with Gasteiger partial charge in [0.2, 0.25) is 0 Å². The van der Waals surface area contributed by atoms with Crippen molar-refractivity contribution in [2.45, 2.75) is 6.92 Å². The van der Waals surface area contributed by atoms with Crippen LogP contribution in [0, 0.1) is 6.92 Å². The molecule has 2 nitrogen and oxygen atoms in total. The van der Waals surface area contributed by atoms with E-state index in [0.717, 1.165) is 11.1 Å². The third-order valence-corrected chi connectivity index (χ3v) is 1.56. The molecule has 0 unspecified atom stereocenters. The molecular formula is C11H12N2. The number of aryl methyl sites for hydroxylation is 1. The average molecular weight is 172 g/mol. The number of allylic oxidation sites excluding steroid dienone is 4. The molecule has 0 aliphatic rings. The molecule has 0 aliphatic carbocycles. The first-order valence-electron chi connectivity index (χ1n) is 4.02. The SMILES string of the molecule is C=C/C=C(\C=C)c1ncc(C)cn1. The molecule has 2 heteroatoms. The Bertz CT molecular complexity index is 334. The predicted molar refractivity (Wildman–Crippen MR) is 55.1 cm³/mol. The summed E-state index contributed by atoms with van der Waals surface area (Å²) in [7, 11) is 0. The van der Waals surface area contributed by atoms with Crippen molar-refractivity contribution in [2.24, 2.45) is 0 Å². The second-order valence-electron chi connectivity index (χ2n) is 2.65. The fourth-order valence-electron chi connectivity index (χ4n) is 0.902. The van der Waals surface area contributed by atoms with E-state index in [1.54, 1.807) is 24.5 Å². The van der Waals surface area contributed by atoms with Crippen LogP contribution in [-0.4, -0.2) is 9.97 Å². The minimum Gasteiger partial charge on any atom is -0.236 e. The van der Waals surface area contributed by atoms with Crippen molar-refractivity contribution in [3.05, 3.63) is 55.2 Å². The number of rotatable bonds is 3. The number of aromatic nitrogens is 2. The molecule has 1 aromatic heterocycles. The summed E-state index contributed by atoms with van der Waals surface area (Å²) in [5.41, 5.74) is 1.93. The monoisotopic (exact) mass is 172 g/mol. The fraction of sp³-hybridized carbons (Fsp3) is 0.0909. The highest BCUT2D eigenvalue weighted by molar-refractivity contribution is 5.69. The molecule has 0 saturated heterocycles. The van der Waals surface area contributed by atoms with Gasteiger partial charge in [-0.2, -0.15) is 0 Å². The first-order valence-corrected chi connectivity index (χ1v) is 4.02. The van der Waals surface area contributed by atoms with E-state index in [0.29, 0.717) is 5.82 Å². The highest BCUT2D eigenvalue weighted by Gasteiger charge is 1.97. The molecule has 0 aliphatic heterocycles. The van der Waals surface area contributed by atoms with E-state index in [4.69, 9.17) is 0 Å². The summed E-state index contributed by atoms with van der Waals surface area (Å²) in [6.07, 6.45) is 8.80. The minimum absolute atomic E-state index is 0.681. The highest BCUT2D eigenvalue weighted by atomic mass is 14.9. The quantitative estimate of drug-likeness (QED) is 0.655. The molecule has 0 bridgehead atoms. The summed E-state index contributed by atoms with van der Waals surface area (Å²) >= 11 is 0. The molecule has 0 atom stereocenters. The Balaban J connectivity index is 3.06. The van der Waals surface area contributed by atoms with E-state index in [1.807, 2.05) is 13.0 Å². The highest BCUT2D eigenvalue weighted by Crippen LogP contribution is 2.09. The lowest BCUT2D eigenvalue weighted by Gasteiger charge is -1.98. The Labute approximate surface area is 78.4 Å². The van der Waals surface area contributed by atoms with E-state index < -0.39 is 0 Å². The van der Waals surface area contributed by atoms with Gasteiger partial charge in [0.25, 0.3) is 0 Å². The zero-order valence-electron chi connectivity index (χ0n) is 7.70. The topological polar surface area (TPSA) is 25.8 Å². The van der Waals surface area contributed by atoms with E-state index in [-0.39, 0.29) is 0 Å². The number of nitrogens with zero attached hydrogens (tertiary/aromatic N) is 2.